The summed E-state index contributed by atoms with van der Waals surface area (Å²) in [6, 6.07) is -0.693. The van der Waals surface area contributed by atoms with Gasteiger partial charge in [-0.25, -0.2) is 9.93 Å². The van der Waals surface area contributed by atoms with Crippen molar-refractivity contribution in [2.75, 3.05) is 0 Å². The molecule has 0 saturated carbocycles. The first-order valence-corrected chi connectivity index (χ1v) is 5.32. The van der Waals surface area contributed by atoms with Gasteiger partial charge in [0.25, 0.3) is 0 Å². The van der Waals surface area contributed by atoms with Crippen LogP contribution in [-0.4, -0.2) is 20.3 Å². The average molecular weight is 259 g/mol. The van der Waals surface area contributed by atoms with Crippen LogP contribution in [0.2, 0.25) is 0 Å². The third-order valence-electron chi connectivity index (χ3n) is 1.11. The van der Waals surface area contributed by atoms with E-state index in [2.05, 4.69) is 20.2 Å². The summed E-state index contributed by atoms with van der Waals surface area (Å²) in [5.74, 6) is -0.336. The maximum Gasteiger partial charge on any atom is 0.325 e. The van der Waals surface area contributed by atoms with Gasteiger partial charge in [0.05, 0.1) is 0 Å². The Hall–Kier alpha value is -0.830. The maximum atomic E-state index is 10.8. The number of nitrogens with two attached hydrogens (primary N) is 1. The van der Waals surface area contributed by atoms with E-state index in [-0.39, 0.29) is 16.0 Å². The molecule has 1 rings (SSSR count). The smallest absolute Gasteiger partial charge is 0.302 e. The minimum atomic E-state index is -4.12. The van der Waals surface area contributed by atoms with Crippen LogP contribution in [0.5, 0.6) is 0 Å². The first kappa shape index (κ1) is 11.2. The van der Waals surface area contributed by atoms with Gasteiger partial charge in [0.2, 0.25) is 0 Å². The average Bonchev–Trinajstić information content (AvgIpc) is 2.27. The van der Waals surface area contributed by atoms with E-state index in [0.29, 0.717) is 0 Å². The minimum Gasteiger partial charge on any atom is -0.302 e. The summed E-state index contributed by atoms with van der Waals surface area (Å²) < 4.78 is 23.8. The predicted molar refractivity (Wildman–Crippen MR) is 50.9 cm³/mol. The van der Waals surface area contributed by atoms with Crippen molar-refractivity contribution in [3.05, 3.63) is 10.2 Å². The number of amidine groups is 1. The number of nitrogens with one attached hydrogen (secondary N) is 2. The summed E-state index contributed by atoms with van der Waals surface area (Å²) in [6.45, 7) is 0. The highest BCUT2D eigenvalue weighted by Gasteiger charge is 2.25. The second-order valence-corrected chi connectivity index (χ2v) is 4.33. The molecule has 1 aliphatic rings. The van der Waals surface area contributed by atoms with Crippen LogP contribution in [0.1, 0.15) is 0 Å². The lowest BCUT2D eigenvalue weighted by Crippen LogP contribution is -2.24. The number of carbonyl (C=O) groups excluding carboxylic acids is 1. The Balaban J connectivity index is 3.19. The molecule has 0 unspecified atom stereocenters. The highest BCUT2D eigenvalue weighted by atomic mass is 35.5. The van der Waals surface area contributed by atoms with Crippen molar-refractivity contribution in [2.45, 2.75) is 0 Å². The van der Waals surface area contributed by atoms with Gasteiger partial charge in [-0.3, -0.25) is 5.32 Å². The van der Waals surface area contributed by atoms with Crippen LogP contribution < -0.4 is 15.8 Å². The number of amides is 2. The van der Waals surface area contributed by atoms with Crippen LogP contribution in [0.4, 0.5) is 4.79 Å². The lowest BCUT2D eigenvalue weighted by molar-refractivity contribution is 0.250. The fourth-order valence-corrected chi connectivity index (χ4v) is 1.37. The van der Waals surface area contributed by atoms with Crippen molar-refractivity contribution in [3.63, 3.8) is 0 Å². The molecule has 0 aromatic heterocycles. The largest absolute Gasteiger partial charge is 0.325 e. The quantitative estimate of drug-likeness (QED) is 0.592. The zero-order valence-electron chi connectivity index (χ0n) is 6.41. The predicted octanol–water partition coefficient (Wildman–Crippen LogP) is -0.452. The Labute approximate surface area is 89.1 Å². The summed E-state index contributed by atoms with van der Waals surface area (Å²) in [4.78, 5) is 10.8. The van der Waals surface area contributed by atoms with E-state index in [1.54, 1.807) is 0 Å². The molecule has 0 spiro atoms. The van der Waals surface area contributed by atoms with Gasteiger partial charge in [-0.2, -0.15) is 8.42 Å². The SMILES string of the molecule is NS(=O)(=O)N=C1NC(=O)NC1=C(Cl)Cl. The molecule has 0 aromatic carbocycles. The van der Waals surface area contributed by atoms with Crippen molar-refractivity contribution in [3.8, 4) is 0 Å². The van der Waals surface area contributed by atoms with Crippen LogP contribution in [0.3, 0.4) is 0 Å². The van der Waals surface area contributed by atoms with Crippen LogP contribution in [0.25, 0.3) is 0 Å². The van der Waals surface area contributed by atoms with Gasteiger partial charge < -0.3 is 5.32 Å². The van der Waals surface area contributed by atoms with Gasteiger partial charge >= 0.3 is 16.2 Å². The van der Waals surface area contributed by atoms with Crippen LogP contribution in [0.15, 0.2) is 14.6 Å². The topological polar surface area (TPSA) is 114 Å². The molecule has 0 atom stereocenters. The highest BCUT2D eigenvalue weighted by Crippen LogP contribution is 2.15. The van der Waals surface area contributed by atoms with E-state index in [4.69, 9.17) is 23.2 Å². The molecule has 0 aliphatic carbocycles. The second kappa shape index (κ2) is 3.73. The van der Waals surface area contributed by atoms with Gasteiger partial charge in [0, 0.05) is 0 Å². The van der Waals surface area contributed by atoms with Gasteiger partial charge in [-0.1, -0.05) is 23.2 Å². The van der Waals surface area contributed by atoms with Crippen molar-refractivity contribution < 1.29 is 13.2 Å². The normalized spacial score (nSPS) is 19.5. The van der Waals surface area contributed by atoms with Gasteiger partial charge in [0.1, 0.15) is 10.2 Å². The zero-order valence-corrected chi connectivity index (χ0v) is 8.74. The molecule has 14 heavy (non-hydrogen) atoms. The molecule has 10 heteroatoms. The van der Waals surface area contributed by atoms with Crippen LogP contribution >= 0.6 is 23.2 Å². The fourth-order valence-electron chi connectivity index (χ4n) is 0.706. The van der Waals surface area contributed by atoms with Crippen molar-refractivity contribution >= 4 is 45.3 Å². The Kier molecular flexibility index (Phi) is 3.00. The van der Waals surface area contributed by atoms with Gasteiger partial charge in [-0.05, 0) is 0 Å². The second-order valence-electron chi connectivity index (χ2n) is 2.17. The summed E-state index contributed by atoms with van der Waals surface area (Å²) in [7, 11) is -4.12. The molecular formula is C4H4Cl2N4O3S. The third kappa shape index (κ3) is 2.84. The van der Waals surface area contributed by atoms with E-state index in [1.807, 2.05) is 0 Å². The number of nitrogens with zero attached hydrogens (tertiary/aromatic N) is 1. The van der Waals surface area contributed by atoms with Crippen LogP contribution in [0, 0.1) is 0 Å². The number of hydrogen-bond acceptors (Lipinski definition) is 3. The Morgan fingerprint density at radius 1 is 1.36 bits per heavy atom. The molecule has 0 aromatic rings. The fraction of sp³-hybridized carbons (Fsp3) is 0. The maximum absolute atomic E-state index is 10.8. The molecule has 78 valence electrons. The molecule has 0 bridgehead atoms. The van der Waals surface area contributed by atoms with Crippen molar-refractivity contribution in [1.82, 2.24) is 10.6 Å². The molecule has 2 amide bonds. The molecule has 1 aliphatic heterocycles. The Morgan fingerprint density at radius 2 is 1.93 bits per heavy atom. The summed E-state index contributed by atoms with van der Waals surface area (Å²) >= 11 is 10.7. The Morgan fingerprint density at radius 3 is 2.36 bits per heavy atom. The van der Waals surface area contributed by atoms with E-state index in [9.17, 15) is 13.2 Å². The van der Waals surface area contributed by atoms with Crippen molar-refractivity contribution in [2.24, 2.45) is 9.54 Å². The summed E-state index contributed by atoms with van der Waals surface area (Å²) in [5.41, 5.74) is -0.132. The molecule has 1 heterocycles. The molecule has 1 saturated heterocycles. The van der Waals surface area contributed by atoms with Crippen LogP contribution in [-0.2, 0) is 10.2 Å². The molecular weight excluding hydrogens is 255 g/mol. The first-order valence-electron chi connectivity index (χ1n) is 3.06. The zero-order chi connectivity index (χ0) is 10.9. The lowest BCUT2D eigenvalue weighted by atomic mass is 10.5. The highest BCUT2D eigenvalue weighted by molar-refractivity contribution is 7.88. The molecule has 7 nitrogen and oxygen atoms in total. The number of carbonyl (C=O) groups is 1. The lowest BCUT2D eigenvalue weighted by Gasteiger charge is -1.96. The molecule has 4 N–H and O–H groups in total. The number of rotatable bonds is 1. The molecule has 0 radical (unpaired) electrons. The minimum absolute atomic E-state index is 0.132. The van der Waals surface area contributed by atoms with E-state index in [0.717, 1.165) is 0 Å². The Bertz CT molecular complexity index is 436. The summed E-state index contributed by atoms with van der Waals surface area (Å²) in [6.07, 6.45) is 0. The standard InChI is InChI=1S/C4H4Cl2N4O3S/c5-2(6)1-3(9-4(11)8-1)10-14(7,12)13/h(H2,7,12,13)(H2,8,9,10,11). The molecule has 1 fully saturated rings. The van der Waals surface area contributed by atoms with E-state index >= 15 is 0 Å². The van der Waals surface area contributed by atoms with E-state index in [1.165, 1.54) is 0 Å². The number of urea groups is 1. The summed E-state index contributed by atoms with van der Waals surface area (Å²) in [5, 5.41) is 8.82. The number of hydrogen-bond donors (Lipinski definition) is 3. The van der Waals surface area contributed by atoms with Crippen molar-refractivity contribution in [1.29, 1.82) is 0 Å². The monoisotopic (exact) mass is 258 g/mol. The number of halogens is 2. The van der Waals surface area contributed by atoms with Gasteiger partial charge in [0.15, 0.2) is 5.84 Å². The first-order chi connectivity index (χ1) is 6.29. The van der Waals surface area contributed by atoms with E-state index < -0.39 is 16.2 Å². The van der Waals surface area contributed by atoms with Gasteiger partial charge in [-0.15, -0.1) is 4.40 Å². The third-order valence-corrected chi connectivity index (χ3v) is 1.93.